The molecule has 29 heavy (non-hydrogen) atoms. The third-order valence-electron chi connectivity index (χ3n) is 5.43. The van der Waals surface area contributed by atoms with Gasteiger partial charge in [-0.25, -0.2) is 0 Å². The number of hydrogen-bond acceptors (Lipinski definition) is 4. The molecule has 3 heterocycles. The second-order valence-electron chi connectivity index (χ2n) is 7.29. The average molecular weight is 459 g/mol. The number of carbonyl (C=O) groups is 4. The van der Waals surface area contributed by atoms with Crippen molar-refractivity contribution < 1.29 is 19.2 Å². The van der Waals surface area contributed by atoms with Crippen molar-refractivity contribution in [3.8, 4) is 0 Å². The number of carbonyl (C=O) groups excluding carboxylic acids is 4. The van der Waals surface area contributed by atoms with Gasteiger partial charge < -0.3 is 15.2 Å². The van der Waals surface area contributed by atoms with E-state index in [9.17, 15) is 19.2 Å². The van der Waals surface area contributed by atoms with Gasteiger partial charge in [-0.2, -0.15) is 0 Å². The lowest BCUT2D eigenvalue weighted by Gasteiger charge is -2.29. The number of aromatic amines is 1. The van der Waals surface area contributed by atoms with E-state index in [0.717, 1.165) is 16.8 Å². The van der Waals surface area contributed by atoms with E-state index in [-0.39, 0.29) is 30.7 Å². The largest absolute Gasteiger partial charge is 0.353 e. The fourth-order valence-electron chi connectivity index (χ4n) is 3.69. The Balaban J connectivity index is 1.53. The van der Waals surface area contributed by atoms with Crippen LogP contribution in [0.25, 0.3) is 0 Å². The van der Waals surface area contributed by atoms with Crippen molar-refractivity contribution in [2.45, 2.75) is 39.3 Å². The van der Waals surface area contributed by atoms with E-state index >= 15 is 0 Å². The number of fused-ring (bicyclic) bond motifs is 1. The molecule has 1 aromatic heterocycles. The van der Waals surface area contributed by atoms with Crippen molar-refractivity contribution >= 4 is 45.2 Å². The molecule has 0 radical (unpaired) electrons. The lowest BCUT2D eigenvalue weighted by atomic mass is 10.0. The fourth-order valence-corrected chi connectivity index (χ4v) is 4.27. The van der Waals surface area contributed by atoms with Gasteiger partial charge in [0.25, 0.3) is 11.8 Å². The van der Waals surface area contributed by atoms with E-state index in [1.807, 2.05) is 13.8 Å². The lowest BCUT2D eigenvalue weighted by Crippen LogP contribution is -2.52. The molecular formula is C20H19BrN4O4. The van der Waals surface area contributed by atoms with Crippen LogP contribution in [0.3, 0.4) is 0 Å². The summed E-state index contributed by atoms with van der Waals surface area (Å²) in [4.78, 5) is 53.4. The molecular weight excluding hydrogens is 440 g/mol. The summed E-state index contributed by atoms with van der Waals surface area (Å²) >= 11 is 3.43. The summed E-state index contributed by atoms with van der Waals surface area (Å²) in [6.45, 7) is 4.06. The van der Waals surface area contributed by atoms with Gasteiger partial charge in [0.2, 0.25) is 11.8 Å². The summed E-state index contributed by atoms with van der Waals surface area (Å²) in [5, 5.41) is 5.12. The molecule has 0 aliphatic carbocycles. The molecule has 1 unspecified atom stereocenters. The summed E-state index contributed by atoms with van der Waals surface area (Å²) < 4.78 is 0.716. The third-order valence-corrected chi connectivity index (χ3v) is 6.42. The Bertz CT molecular complexity index is 1070. The zero-order valence-corrected chi connectivity index (χ0v) is 17.5. The molecule has 2 aromatic rings. The molecule has 4 amide bonds. The number of rotatable bonds is 3. The highest BCUT2D eigenvalue weighted by Gasteiger charge is 2.39. The topological polar surface area (TPSA) is 111 Å². The highest BCUT2D eigenvalue weighted by atomic mass is 79.9. The number of benzene rings is 1. The Hall–Kier alpha value is -2.94. The van der Waals surface area contributed by atoms with E-state index in [0.29, 0.717) is 27.8 Å². The molecule has 4 rings (SSSR count). The minimum Gasteiger partial charge on any atom is -0.353 e. The number of aryl methyl sites for hydroxylation is 1. The standard InChI is InChI=1S/C20H19BrN4O4/c1-9-10(2)22-17(16(9)21)19(28)23-12-3-4-13-11(7-12)8-25(20(13)29)14-5-6-15(26)24-18(14)27/h3-4,7,14,22H,5-6,8H2,1-2H3,(H,23,28)(H,24,26,27). The van der Waals surface area contributed by atoms with Crippen LogP contribution in [-0.4, -0.2) is 39.6 Å². The van der Waals surface area contributed by atoms with Crippen molar-refractivity contribution in [1.29, 1.82) is 0 Å². The molecule has 0 bridgehead atoms. The molecule has 1 aromatic carbocycles. The first-order chi connectivity index (χ1) is 13.8. The van der Waals surface area contributed by atoms with Crippen LogP contribution in [0, 0.1) is 13.8 Å². The van der Waals surface area contributed by atoms with Crippen LogP contribution in [0.5, 0.6) is 0 Å². The normalized spacial score (nSPS) is 18.7. The van der Waals surface area contributed by atoms with Crippen LogP contribution in [-0.2, 0) is 16.1 Å². The number of aromatic nitrogens is 1. The van der Waals surface area contributed by atoms with Gasteiger partial charge in [-0.3, -0.25) is 24.5 Å². The predicted octanol–water partition coefficient (Wildman–Crippen LogP) is 2.41. The second kappa shape index (κ2) is 7.14. The summed E-state index contributed by atoms with van der Waals surface area (Å²) in [5.41, 5.74) is 4.09. The maximum absolute atomic E-state index is 12.7. The number of hydrogen-bond donors (Lipinski definition) is 3. The third kappa shape index (κ3) is 3.35. The van der Waals surface area contributed by atoms with Gasteiger partial charge >= 0.3 is 0 Å². The minimum absolute atomic E-state index is 0.210. The average Bonchev–Trinajstić information content (AvgIpc) is 3.13. The van der Waals surface area contributed by atoms with Crippen molar-refractivity contribution in [1.82, 2.24) is 15.2 Å². The number of nitrogens with one attached hydrogen (secondary N) is 3. The first-order valence-corrected chi connectivity index (χ1v) is 9.99. The summed E-state index contributed by atoms with van der Waals surface area (Å²) in [6, 6.07) is 4.40. The summed E-state index contributed by atoms with van der Waals surface area (Å²) in [6.07, 6.45) is 0.523. The molecule has 2 aliphatic rings. The number of amides is 4. The number of halogens is 1. The van der Waals surface area contributed by atoms with Crippen LogP contribution < -0.4 is 10.6 Å². The van der Waals surface area contributed by atoms with Crippen LogP contribution >= 0.6 is 15.9 Å². The Morgan fingerprint density at radius 2 is 2.00 bits per heavy atom. The molecule has 2 aliphatic heterocycles. The molecule has 0 saturated carbocycles. The minimum atomic E-state index is -0.661. The van der Waals surface area contributed by atoms with Crippen molar-refractivity contribution in [2.75, 3.05) is 5.32 Å². The molecule has 0 spiro atoms. The zero-order chi connectivity index (χ0) is 20.9. The Morgan fingerprint density at radius 1 is 1.24 bits per heavy atom. The number of imide groups is 1. The van der Waals surface area contributed by atoms with E-state index in [1.54, 1.807) is 18.2 Å². The molecule has 8 nitrogen and oxygen atoms in total. The van der Waals surface area contributed by atoms with E-state index in [2.05, 4.69) is 31.5 Å². The van der Waals surface area contributed by atoms with Crippen LogP contribution in [0.15, 0.2) is 22.7 Å². The smallest absolute Gasteiger partial charge is 0.273 e. The van der Waals surface area contributed by atoms with E-state index in [1.165, 1.54) is 4.90 Å². The monoisotopic (exact) mass is 458 g/mol. The van der Waals surface area contributed by atoms with Gasteiger partial charge in [-0.1, -0.05) is 0 Å². The lowest BCUT2D eigenvalue weighted by molar-refractivity contribution is -0.136. The number of piperidine rings is 1. The van der Waals surface area contributed by atoms with Crippen LogP contribution in [0.1, 0.15) is 50.5 Å². The quantitative estimate of drug-likeness (QED) is 0.613. The Morgan fingerprint density at radius 3 is 2.66 bits per heavy atom. The first-order valence-electron chi connectivity index (χ1n) is 9.20. The zero-order valence-electron chi connectivity index (χ0n) is 15.9. The van der Waals surface area contributed by atoms with E-state index < -0.39 is 11.9 Å². The van der Waals surface area contributed by atoms with Crippen molar-refractivity contribution in [3.05, 3.63) is 50.8 Å². The van der Waals surface area contributed by atoms with Crippen LogP contribution in [0.2, 0.25) is 0 Å². The Labute approximate surface area is 175 Å². The number of anilines is 1. The van der Waals surface area contributed by atoms with Crippen molar-refractivity contribution in [3.63, 3.8) is 0 Å². The van der Waals surface area contributed by atoms with Gasteiger partial charge in [0, 0.05) is 29.9 Å². The van der Waals surface area contributed by atoms with Gasteiger partial charge in [-0.05, 0) is 65.5 Å². The van der Waals surface area contributed by atoms with Gasteiger partial charge in [-0.15, -0.1) is 0 Å². The predicted molar refractivity (Wildman–Crippen MR) is 108 cm³/mol. The molecule has 1 saturated heterocycles. The molecule has 150 valence electrons. The number of nitrogens with zero attached hydrogens (tertiary/aromatic N) is 1. The second-order valence-corrected chi connectivity index (χ2v) is 8.08. The number of H-pyrrole nitrogens is 1. The molecule has 1 fully saturated rings. The molecule has 1 atom stereocenters. The highest BCUT2D eigenvalue weighted by Crippen LogP contribution is 2.30. The SMILES string of the molecule is Cc1[nH]c(C(=O)Nc2ccc3c(c2)CN(C2CCC(=O)NC2=O)C3=O)c(Br)c1C. The molecule has 3 N–H and O–H groups in total. The van der Waals surface area contributed by atoms with Gasteiger partial charge in [0.15, 0.2) is 0 Å². The van der Waals surface area contributed by atoms with Crippen LogP contribution in [0.4, 0.5) is 5.69 Å². The first kappa shape index (κ1) is 19.4. The van der Waals surface area contributed by atoms with Crippen molar-refractivity contribution in [2.24, 2.45) is 0 Å². The Kier molecular flexibility index (Phi) is 4.77. The highest BCUT2D eigenvalue weighted by molar-refractivity contribution is 9.10. The fraction of sp³-hybridized carbons (Fsp3) is 0.300. The maximum atomic E-state index is 12.7. The summed E-state index contributed by atoms with van der Waals surface area (Å²) in [7, 11) is 0. The van der Waals surface area contributed by atoms with Gasteiger partial charge in [0.1, 0.15) is 11.7 Å². The maximum Gasteiger partial charge on any atom is 0.273 e. The van der Waals surface area contributed by atoms with E-state index in [4.69, 9.17) is 0 Å². The molecule has 9 heteroatoms. The summed E-state index contributed by atoms with van der Waals surface area (Å²) in [5.74, 6) is -1.30. The van der Waals surface area contributed by atoms with Gasteiger partial charge in [0.05, 0.1) is 4.47 Å².